The molecule has 1 saturated heterocycles. The Bertz CT molecular complexity index is 479. The zero-order valence-corrected chi connectivity index (χ0v) is 10.5. The summed E-state index contributed by atoms with van der Waals surface area (Å²) in [6, 6.07) is 4.07. The molecule has 16 heavy (non-hydrogen) atoms. The molecule has 2 aromatic rings. The van der Waals surface area contributed by atoms with Gasteiger partial charge in [0, 0.05) is 25.2 Å². The molecule has 0 bridgehead atoms. The van der Waals surface area contributed by atoms with E-state index in [2.05, 4.69) is 39.1 Å². The van der Waals surface area contributed by atoms with Gasteiger partial charge in [-0.1, -0.05) is 6.07 Å². The van der Waals surface area contributed by atoms with Crippen molar-refractivity contribution in [3.8, 4) is 0 Å². The first-order valence-electron chi connectivity index (χ1n) is 4.86. The lowest BCUT2D eigenvalue weighted by Gasteiger charge is -2.25. The Morgan fingerprint density at radius 1 is 1.25 bits per heavy atom. The van der Waals surface area contributed by atoms with Gasteiger partial charge < -0.3 is 5.32 Å². The van der Waals surface area contributed by atoms with Crippen molar-refractivity contribution in [3.05, 3.63) is 29.7 Å². The molecule has 1 N–H and O–H groups in total. The average Bonchev–Trinajstić information content (AvgIpc) is 2.46. The van der Waals surface area contributed by atoms with E-state index in [9.17, 15) is 0 Å². The maximum absolute atomic E-state index is 4.23. The highest BCUT2D eigenvalue weighted by atomic mass is 35.5. The van der Waals surface area contributed by atoms with Gasteiger partial charge in [-0.15, -0.1) is 35.0 Å². The lowest BCUT2D eigenvalue weighted by Crippen LogP contribution is -2.40. The van der Waals surface area contributed by atoms with Gasteiger partial charge in [-0.2, -0.15) is 0 Å². The quantitative estimate of drug-likeness (QED) is 0.847. The van der Waals surface area contributed by atoms with E-state index < -0.39 is 0 Å². The van der Waals surface area contributed by atoms with Gasteiger partial charge in [0.25, 0.3) is 0 Å². The number of aryl methyl sites for hydroxylation is 1. The maximum Gasteiger partial charge on any atom is 0.160 e. The van der Waals surface area contributed by atoms with Crippen molar-refractivity contribution in [3.63, 3.8) is 0 Å². The molecule has 0 spiro atoms. The summed E-state index contributed by atoms with van der Waals surface area (Å²) in [5, 5.41) is 11.6. The molecule has 1 aliphatic heterocycles. The first kappa shape index (κ1) is 13.2. The zero-order valence-electron chi connectivity index (χ0n) is 8.88. The number of pyridine rings is 1. The Morgan fingerprint density at radius 3 is 2.62 bits per heavy atom. The molecule has 0 saturated carbocycles. The first-order valence-corrected chi connectivity index (χ1v) is 4.86. The van der Waals surface area contributed by atoms with Crippen LogP contribution in [0.3, 0.4) is 0 Å². The molecule has 6 heteroatoms. The molecule has 2 aromatic heterocycles. The highest BCUT2D eigenvalue weighted by Gasteiger charge is 2.23. The predicted molar refractivity (Wildman–Crippen MR) is 67.8 cm³/mol. The van der Waals surface area contributed by atoms with Crippen LogP contribution >= 0.6 is 24.8 Å². The van der Waals surface area contributed by atoms with Crippen LogP contribution in [0.25, 0.3) is 5.65 Å². The normalized spacial score (nSPS) is 15.1. The van der Waals surface area contributed by atoms with Crippen molar-refractivity contribution in [2.75, 3.05) is 13.1 Å². The molecule has 3 heterocycles. The standard InChI is InChI=1S/C10H12N4.2ClH/c1-7-2-3-9-12-13-10(14(9)6-7)8-4-11-5-8;;/h2-3,6,8,11H,4-5H2,1H3;2*1H. The van der Waals surface area contributed by atoms with Crippen LogP contribution in [-0.2, 0) is 0 Å². The second-order valence-electron chi connectivity index (χ2n) is 3.85. The van der Waals surface area contributed by atoms with E-state index in [1.54, 1.807) is 0 Å². The molecule has 1 aliphatic rings. The molecule has 0 aliphatic carbocycles. The minimum Gasteiger partial charge on any atom is -0.315 e. The molecule has 3 rings (SSSR count). The second kappa shape index (κ2) is 4.99. The van der Waals surface area contributed by atoms with Crippen molar-refractivity contribution >= 4 is 30.5 Å². The highest BCUT2D eigenvalue weighted by molar-refractivity contribution is 5.85. The fraction of sp³-hybridized carbons (Fsp3) is 0.400. The third-order valence-corrected chi connectivity index (χ3v) is 2.72. The Morgan fingerprint density at radius 2 is 2.00 bits per heavy atom. The molecule has 0 amide bonds. The van der Waals surface area contributed by atoms with Gasteiger partial charge in [0.15, 0.2) is 5.65 Å². The van der Waals surface area contributed by atoms with Gasteiger partial charge in [-0.25, -0.2) is 0 Å². The molecule has 1 fully saturated rings. The average molecular weight is 261 g/mol. The van der Waals surface area contributed by atoms with Crippen molar-refractivity contribution < 1.29 is 0 Å². The molecule has 4 nitrogen and oxygen atoms in total. The fourth-order valence-electron chi connectivity index (χ4n) is 1.76. The van der Waals surface area contributed by atoms with E-state index in [0.29, 0.717) is 5.92 Å². The largest absolute Gasteiger partial charge is 0.315 e. The van der Waals surface area contributed by atoms with Crippen LogP contribution in [0.4, 0.5) is 0 Å². The van der Waals surface area contributed by atoms with E-state index in [4.69, 9.17) is 0 Å². The van der Waals surface area contributed by atoms with E-state index in [0.717, 1.165) is 24.6 Å². The molecular formula is C10H14Cl2N4. The van der Waals surface area contributed by atoms with Crippen LogP contribution in [0.5, 0.6) is 0 Å². The summed E-state index contributed by atoms with van der Waals surface area (Å²) in [6.07, 6.45) is 2.10. The van der Waals surface area contributed by atoms with Crippen LogP contribution in [0, 0.1) is 6.92 Å². The van der Waals surface area contributed by atoms with Crippen molar-refractivity contribution in [1.29, 1.82) is 0 Å². The van der Waals surface area contributed by atoms with Crippen LogP contribution in [0.1, 0.15) is 17.3 Å². The van der Waals surface area contributed by atoms with Crippen LogP contribution < -0.4 is 5.32 Å². The maximum atomic E-state index is 4.23. The highest BCUT2D eigenvalue weighted by Crippen LogP contribution is 2.18. The lowest BCUT2D eigenvalue weighted by molar-refractivity contribution is 0.427. The summed E-state index contributed by atoms with van der Waals surface area (Å²) in [4.78, 5) is 0. The van der Waals surface area contributed by atoms with Gasteiger partial charge in [-0.3, -0.25) is 4.40 Å². The second-order valence-corrected chi connectivity index (χ2v) is 3.85. The Hall–Kier alpha value is -0.840. The molecule has 88 valence electrons. The van der Waals surface area contributed by atoms with Gasteiger partial charge in [0.1, 0.15) is 5.82 Å². The third kappa shape index (κ3) is 2.00. The fourth-order valence-corrected chi connectivity index (χ4v) is 1.76. The van der Waals surface area contributed by atoms with Crippen molar-refractivity contribution in [2.24, 2.45) is 0 Å². The first-order chi connectivity index (χ1) is 6.84. The zero-order chi connectivity index (χ0) is 9.54. The molecule has 0 unspecified atom stereocenters. The third-order valence-electron chi connectivity index (χ3n) is 2.72. The summed E-state index contributed by atoms with van der Waals surface area (Å²) in [7, 11) is 0. The van der Waals surface area contributed by atoms with E-state index in [-0.39, 0.29) is 24.8 Å². The minimum absolute atomic E-state index is 0. The van der Waals surface area contributed by atoms with Crippen molar-refractivity contribution in [1.82, 2.24) is 19.9 Å². The van der Waals surface area contributed by atoms with E-state index >= 15 is 0 Å². The smallest absolute Gasteiger partial charge is 0.160 e. The minimum atomic E-state index is 0. The Balaban J connectivity index is 0.000000640. The van der Waals surface area contributed by atoms with Crippen LogP contribution in [0.15, 0.2) is 18.3 Å². The molecule has 0 radical (unpaired) electrons. The van der Waals surface area contributed by atoms with E-state index in [1.807, 2.05) is 6.07 Å². The SMILES string of the molecule is Cc1ccc2nnc(C3CNC3)n2c1.Cl.Cl. The number of hydrogen-bond acceptors (Lipinski definition) is 3. The number of hydrogen-bond donors (Lipinski definition) is 1. The molecule has 0 aromatic carbocycles. The molecule has 0 atom stereocenters. The Kier molecular flexibility index (Phi) is 4.13. The van der Waals surface area contributed by atoms with Gasteiger partial charge in [0.05, 0.1) is 0 Å². The number of aromatic nitrogens is 3. The summed E-state index contributed by atoms with van der Waals surface area (Å²) < 4.78 is 2.10. The number of nitrogens with one attached hydrogen (secondary N) is 1. The summed E-state index contributed by atoms with van der Waals surface area (Å²) in [6.45, 7) is 4.13. The van der Waals surface area contributed by atoms with Gasteiger partial charge in [0.2, 0.25) is 0 Å². The summed E-state index contributed by atoms with van der Waals surface area (Å²) in [5.41, 5.74) is 2.18. The monoisotopic (exact) mass is 260 g/mol. The van der Waals surface area contributed by atoms with Crippen LogP contribution in [0.2, 0.25) is 0 Å². The van der Waals surface area contributed by atoms with Gasteiger partial charge in [-0.05, 0) is 18.6 Å². The Labute approximate surface area is 106 Å². The number of fused-ring (bicyclic) bond motifs is 1. The van der Waals surface area contributed by atoms with Gasteiger partial charge >= 0.3 is 0 Å². The summed E-state index contributed by atoms with van der Waals surface area (Å²) in [5.74, 6) is 1.62. The van der Waals surface area contributed by atoms with Crippen molar-refractivity contribution in [2.45, 2.75) is 12.8 Å². The topological polar surface area (TPSA) is 42.2 Å². The number of rotatable bonds is 1. The number of halogens is 2. The van der Waals surface area contributed by atoms with Crippen LogP contribution in [-0.4, -0.2) is 27.7 Å². The number of nitrogens with zero attached hydrogens (tertiary/aromatic N) is 3. The molecular weight excluding hydrogens is 247 g/mol. The summed E-state index contributed by atoms with van der Waals surface area (Å²) >= 11 is 0. The van der Waals surface area contributed by atoms with E-state index in [1.165, 1.54) is 5.56 Å². The predicted octanol–water partition coefficient (Wildman–Crippen LogP) is 1.57. The lowest BCUT2D eigenvalue weighted by atomic mass is 10.0.